The quantitative estimate of drug-likeness (QED) is 0.450. The van der Waals surface area contributed by atoms with Crippen LogP contribution in [0, 0.1) is 5.92 Å². The minimum Gasteiger partial charge on any atom is -0.423 e. The van der Waals surface area contributed by atoms with Crippen LogP contribution in [0.4, 0.5) is 6.01 Å². The van der Waals surface area contributed by atoms with E-state index in [1.54, 1.807) is 23.7 Å². The van der Waals surface area contributed by atoms with Crippen molar-refractivity contribution in [2.45, 2.75) is 19.4 Å². The average molecular weight is 380 g/mol. The van der Waals surface area contributed by atoms with Gasteiger partial charge < -0.3 is 14.6 Å². The summed E-state index contributed by atoms with van der Waals surface area (Å²) in [6.45, 7) is 3.70. The molecular formula is C21H24N4O3. The summed E-state index contributed by atoms with van der Waals surface area (Å²) in [5.74, 6) is 0.0828. The second kappa shape index (κ2) is 8.41. The van der Waals surface area contributed by atoms with Crippen molar-refractivity contribution >= 4 is 23.0 Å². The highest BCUT2D eigenvalue weighted by atomic mass is 16.5. The number of amides is 1. The third-order valence-electron chi connectivity index (χ3n) is 5.23. The molecule has 0 atom stereocenters. The number of carbonyl (C=O) groups excluding carboxylic acids is 1. The molecular weight excluding hydrogens is 356 g/mol. The average Bonchev–Trinajstić information content (AvgIpc) is 3.18. The van der Waals surface area contributed by atoms with E-state index in [1.165, 1.54) is 5.56 Å². The maximum atomic E-state index is 11.5. The number of oxazole rings is 1. The molecule has 7 heteroatoms. The third-order valence-corrected chi connectivity index (χ3v) is 5.23. The van der Waals surface area contributed by atoms with Crippen LogP contribution in [-0.2, 0) is 6.54 Å². The molecule has 0 saturated carbocycles. The number of aromatic nitrogens is 1. The predicted molar refractivity (Wildman–Crippen MR) is 106 cm³/mol. The van der Waals surface area contributed by atoms with Gasteiger partial charge in [-0.3, -0.25) is 10.0 Å². The molecule has 0 aliphatic carbocycles. The van der Waals surface area contributed by atoms with Crippen LogP contribution in [0.25, 0.3) is 11.1 Å². The first-order chi connectivity index (χ1) is 13.7. The van der Waals surface area contributed by atoms with Gasteiger partial charge >= 0.3 is 0 Å². The molecule has 1 aliphatic rings. The normalized spacial score (nSPS) is 15.1. The van der Waals surface area contributed by atoms with Crippen LogP contribution >= 0.6 is 0 Å². The number of nitrogens with zero attached hydrogens (tertiary/aromatic N) is 2. The first kappa shape index (κ1) is 18.5. The first-order valence-electron chi connectivity index (χ1n) is 9.57. The van der Waals surface area contributed by atoms with E-state index >= 15 is 0 Å². The summed E-state index contributed by atoms with van der Waals surface area (Å²) in [7, 11) is 0. The van der Waals surface area contributed by atoms with E-state index in [9.17, 15) is 4.79 Å². The smallest absolute Gasteiger partial charge is 0.298 e. The summed E-state index contributed by atoms with van der Waals surface area (Å²) in [6.07, 6.45) is 2.16. The maximum absolute atomic E-state index is 11.5. The van der Waals surface area contributed by atoms with Crippen molar-refractivity contribution in [1.29, 1.82) is 0 Å². The Bertz CT molecular complexity index is 933. The van der Waals surface area contributed by atoms with Crippen LogP contribution in [0.3, 0.4) is 0 Å². The fraction of sp³-hybridized carbons (Fsp3) is 0.333. The van der Waals surface area contributed by atoms with Crippen molar-refractivity contribution in [3.8, 4) is 0 Å². The molecule has 146 valence electrons. The molecule has 0 spiro atoms. The van der Waals surface area contributed by atoms with Crippen molar-refractivity contribution in [3.63, 3.8) is 0 Å². The predicted octanol–water partition coefficient (Wildman–Crippen LogP) is 2.95. The van der Waals surface area contributed by atoms with Gasteiger partial charge in [-0.1, -0.05) is 30.3 Å². The molecule has 2 heterocycles. The standard InChI is InChI=1S/C21H24N4O3/c26-20(24-27)17-6-7-19-18(12-17)23-21(28-19)25-10-8-16(9-11-25)14-22-13-15-4-2-1-3-5-15/h1-7,12,16,22,27H,8-11,13-14H2,(H,24,26). The Kier molecular flexibility index (Phi) is 5.55. The molecule has 1 saturated heterocycles. The Labute approximate surface area is 163 Å². The van der Waals surface area contributed by atoms with Gasteiger partial charge in [0, 0.05) is 25.2 Å². The topological polar surface area (TPSA) is 90.6 Å². The van der Waals surface area contributed by atoms with Crippen molar-refractivity contribution in [2.24, 2.45) is 5.92 Å². The number of fused-ring (bicyclic) bond motifs is 1. The second-order valence-corrected chi connectivity index (χ2v) is 7.17. The van der Waals surface area contributed by atoms with Crippen LogP contribution in [0.1, 0.15) is 28.8 Å². The lowest BCUT2D eigenvalue weighted by atomic mass is 9.97. The number of carbonyl (C=O) groups is 1. The molecule has 2 aromatic carbocycles. The Morgan fingerprint density at radius 2 is 1.96 bits per heavy atom. The van der Waals surface area contributed by atoms with E-state index < -0.39 is 5.91 Å². The highest BCUT2D eigenvalue weighted by Crippen LogP contribution is 2.26. The van der Waals surface area contributed by atoms with Crippen molar-refractivity contribution in [2.75, 3.05) is 24.5 Å². The number of benzene rings is 2. The monoisotopic (exact) mass is 380 g/mol. The zero-order valence-corrected chi connectivity index (χ0v) is 15.6. The molecule has 1 fully saturated rings. The van der Waals surface area contributed by atoms with Crippen LogP contribution < -0.4 is 15.7 Å². The van der Waals surface area contributed by atoms with Gasteiger partial charge in [0.25, 0.3) is 11.9 Å². The Hall–Kier alpha value is -2.90. The van der Waals surface area contributed by atoms with Gasteiger partial charge in [-0.15, -0.1) is 0 Å². The lowest BCUT2D eigenvalue weighted by Gasteiger charge is -2.31. The van der Waals surface area contributed by atoms with Gasteiger partial charge in [-0.2, -0.15) is 4.98 Å². The van der Waals surface area contributed by atoms with Crippen LogP contribution in [0.15, 0.2) is 52.9 Å². The molecule has 1 amide bonds. The lowest BCUT2D eigenvalue weighted by Crippen LogP contribution is -2.37. The van der Waals surface area contributed by atoms with Crippen molar-refractivity contribution in [1.82, 2.24) is 15.8 Å². The van der Waals surface area contributed by atoms with Gasteiger partial charge in [0.05, 0.1) is 0 Å². The molecule has 3 N–H and O–H groups in total. The molecule has 0 radical (unpaired) electrons. The summed E-state index contributed by atoms with van der Waals surface area (Å²) in [5, 5.41) is 12.3. The van der Waals surface area contributed by atoms with E-state index in [4.69, 9.17) is 9.62 Å². The third kappa shape index (κ3) is 4.16. The minimum atomic E-state index is -0.560. The van der Waals surface area contributed by atoms with Crippen LogP contribution in [0.5, 0.6) is 0 Å². The van der Waals surface area contributed by atoms with Crippen LogP contribution in [0.2, 0.25) is 0 Å². The van der Waals surface area contributed by atoms with Crippen LogP contribution in [-0.4, -0.2) is 35.7 Å². The van der Waals surface area contributed by atoms with Gasteiger partial charge in [0.1, 0.15) is 5.52 Å². The number of hydrogen-bond donors (Lipinski definition) is 3. The summed E-state index contributed by atoms with van der Waals surface area (Å²) >= 11 is 0. The largest absolute Gasteiger partial charge is 0.423 e. The van der Waals surface area contributed by atoms with Gasteiger partial charge in [-0.25, -0.2) is 5.48 Å². The van der Waals surface area contributed by atoms with Gasteiger partial charge in [-0.05, 0) is 49.1 Å². The molecule has 3 aromatic rings. The van der Waals surface area contributed by atoms with E-state index in [0.717, 1.165) is 39.0 Å². The lowest BCUT2D eigenvalue weighted by molar-refractivity contribution is 0.0706. The Morgan fingerprint density at radius 3 is 2.71 bits per heavy atom. The summed E-state index contributed by atoms with van der Waals surface area (Å²) in [4.78, 5) is 18.2. The fourth-order valence-electron chi connectivity index (χ4n) is 3.60. The molecule has 0 unspecified atom stereocenters. The first-order valence-corrected chi connectivity index (χ1v) is 9.57. The molecule has 4 rings (SSSR count). The SMILES string of the molecule is O=C(NO)c1ccc2oc(N3CCC(CNCc4ccccc4)CC3)nc2c1. The molecule has 1 aliphatic heterocycles. The van der Waals surface area contributed by atoms with Crippen molar-refractivity contribution < 1.29 is 14.4 Å². The van der Waals surface area contributed by atoms with Gasteiger partial charge in [0.15, 0.2) is 5.58 Å². The van der Waals surface area contributed by atoms with Crippen molar-refractivity contribution in [3.05, 3.63) is 59.7 Å². The van der Waals surface area contributed by atoms with E-state index in [1.807, 2.05) is 6.07 Å². The minimum absolute atomic E-state index is 0.345. The molecule has 28 heavy (non-hydrogen) atoms. The molecule has 7 nitrogen and oxygen atoms in total. The Morgan fingerprint density at radius 1 is 1.18 bits per heavy atom. The zero-order chi connectivity index (χ0) is 19.3. The number of rotatable bonds is 6. The Balaban J connectivity index is 1.31. The van der Waals surface area contributed by atoms with E-state index in [-0.39, 0.29) is 0 Å². The zero-order valence-electron chi connectivity index (χ0n) is 15.6. The summed E-state index contributed by atoms with van der Waals surface area (Å²) < 4.78 is 5.86. The summed E-state index contributed by atoms with van der Waals surface area (Å²) in [5.41, 5.74) is 4.53. The fourth-order valence-corrected chi connectivity index (χ4v) is 3.60. The van der Waals surface area contributed by atoms with E-state index in [2.05, 4.69) is 39.5 Å². The summed E-state index contributed by atoms with van der Waals surface area (Å²) in [6, 6.07) is 16.0. The second-order valence-electron chi connectivity index (χ2n) is 7.17. The highest BCUT2D eigenvalue weighted by molar-refractivity contribution is 5.96. The van der Waals surface area contributed by atoms with Gasteiger partial charge in [0.2, 0.25) is 0 Å². The number of hydrogen-bond acceptors (Lipinski definition) is 6. The molecule has 1 aromatic heterocycles. The highest BCUT2D eigenvalue weighted by Gasteiger charge is 2.22. The molecule has 0 bridgehead atoms. The maximum Gasteiger partial charge on any atom is 0.298 e. The number of hydroxylamine groups is 1. The number of piperidine rings is 1. The number of anilines is 1. The number of nitrogens with one attached hydrogen (secondary N) is 2. The van der Waals surface area contributed by atoms with E-state index in [0.29, 0.717) is 28.6 Å².